The average molecular weight is 546 g/mol. The van der Waals surface area contributed by atoms with Gasteiger partial charge in [-0.25, -0.2) is 4.98 Å². The summed E-state index contributed by atoms with van der Waals surface area (Å²) in [5, 5.41) is 13.5. The first-order valence-electron chi connectivity index (χ1n) is 12.9. The Hall–Kier alpha value is -4.02. The van der Waals surface area contributed by atoms with Gasteiger partial charge in [0.25, 0.3) is 11.8 Å². The second-order valence-electron chi connectivity index (χ2n) is 9.85. The Bertz CT molecular complexity index is 1560. The number of thiazole rings is 1. The van der Waals surface area contributed by atoms with E-state index in [2.05, 4.69) is 15.2 Å². The Morgan fingerprint density at radius 1 is 1.08 bits per heavy atom. The number of pyridine rings is 1. The number of rotatable bonds is 7. The minimum atomic E-state index is -0.355. The molecule has 1 fully saturated rings. The number of nitrogens with one attached hydrogen (secondary N) is 1. The highest BCUT2D eigenvalue weighted by atomic mass is 32.1. The number of benzene rings is 2. The first-order chi connectivity index (χ1) is 18.9. The monoisotopic (exact) mass is 545 g/mol. The highest BCUT2D eigenvalue weighted by Crippen LogP contribution is 2.28. The molecule has 0 unspecified atom stereocenters. The molecule has 9 nitrogen and oxygen atoms in total. The van der Waals surface area contributed by atoms with E-state index in [1.807, 2.05) is 42.5 Å². The zero-order chi connectivity index (χ0) is 27.5. The van der Waals surface area contributed by atoms with Crippen molar-refractivity contribution in [2.24, 2.45) is 5.92 Å². The van der Waals surface area contributed by atoms with Crippen molar-refractivity contribution in [1.29, 1.82) is 0 Å². The first kappa shape index (κ1) is 26.6. The number of carbonyl (C=O) groups excluding carboxylic acids is 2. The molecular weight excluding hydrogens is 514 g/mol. The molecule has 0 spiro atoms. The maximum Gasteiger partial charge on any atom is 0.270 e. The number of piperidine rings is 1. The fourth-order valence-corrected chi connectivity index (χ4v) is 5.79. The molecule has 1 aliphatic rings. The van der Waals surface area contributed by atoms with Crippen LogP contribution in [0.3, 0.4) is 0 Å². The van der Waals surface area contributed by atoms with Crippen molar-refractivity contribution in [2.45, 2.75) is 19.4 Å². The van der Waals surface area contributed by atoms with Crippen LogP contribution in [0.5, 0.6) is 0 Å². The van der Waals surface area contributed by atoms with Crippen molar-refractivity contribution in [3.8, 4) is 5.69 Å². The third-order valence-corrected chi connectivity index (χ3v) is 8.14. The van der Waals surface area contributed by atoms with Crippen LogP contribution in [0, 0.1) is 5.92 Å². The van der Waals surface area contributed by atoms with Crippen LogP contribution in [0.2, 0.25) is 0 Å². The Labute approximate surface area is 230 Å². The van der Waals surface area contributed by atoms with Crippen LogP contribution >= 0.6 is 11.3 Å². The minimum absolute atomic E-state index is 0.112. The van der Waals surface area contributed by atoms with Gasteiger partial charge in [0, 0.05) is 57.0 Å². The van der Waals surface area contributed by atoms with Gasteiger partial charge >= 0.3 is 0 Å². The zero-order valence-electron chi connectivity index (χ0n) is 22.0. The fourth-order valence-electron chi connectivity index (χ4n) is 4.91. The van der Waals surface area contributed by atoms with Gasteiger partial charge in [0.05, 0.1) is 11.7 Å². The fraction of sp³-hybridized carbons (Fsp3) is 0.310. The number of anilines is 1. The summed E-state index contributed by atoms with van der Waals surface area (Å²) in [6.07, 6.45) is 3.31. The molecule has 0 radical (unpaired) electrons. The number of carbonyl (C=O) groups is 2. The van der Waals surface area contributed by atoms with E-state index in [0.717, 1.165) is 36.8 Å². The summed E-state index contributed by atoms with van der Waals surface area (Å²) in [4.78, 5) is 48.8. The van der Waals surface area contributed by atoms with E-state index in [1.54, 1.807) is 37.0 Å². The maximum atomic E-state index is 13.7. The van der Waals surface area contributed by atoms with Crippen molar-refractivity contribution in [3.05, 3.63) is 87.2 Å². The van der Waals surface area contributed by atoms with Crippen LogP contribution in [-0.4, -0.2) is 65.2 Å². The number of amides is 2. The van der Waals surface area contributed by atoms with Gasteiger partial charge in [0.15, 0.2) is 10.6 Å². The van der Waals surface area contributed by atoms with Crippen LogP contribution in [0.1, 0.15) is 38.6 Å². The lowest BCUT2D eigenvalue weighted by molar-refractivity contribution is 0.0816. The molecule has 5 rings (SSSR count). The lowest BCUT2D eigenvalue weighted by Crippen LogP contribution is -2.34. The molecule has 0 atom stereocenters. The number of aromatic nitrogens is 2. The van der Waals surface area contributed by atoms with Crippen LogP contribution in [0.4, 0.5) is 5.13 Å². The number of aliphatic hydroxyl groups excluding tert-OH is 1. The summed E-state index contributed by atoms with van der Waals surface area (Å²) in [5.74, 6) is -0.381. The molecule has 0 bridgehead atoms. The Balaban J connectivity index is 1.49. The topological polar surface area (TPSA) is 108 Å². The van der Waals surface area contributed by atoms with E-state index >= 15 is 0 Å². The van der Waals surface area contributed by atoms with Crippen molar-refractivity contribution in [1.82, 2.24) is 19.8 Å². The molecule has 0 saturated carbocycles. The van der Waals surface area contributed by atoms with E-state index in [0.29, 0.717) is 21.7 Å². The lowest BCUT2D eigenvalue weighted by atomic mass is 9.98. The number of nitrogens with zero attached hydrogens (tertiary/aromatic N) is 4. The third-order valence-electron chi connectivity index (χ3n) is 7.08. The van der Waals surface area contributed by atoms with E-state index in [4.69, 9.17) is 0 Å². The summed E-state index contributed by atoms with van der Waals surface area (Å²) in [5.41, 5.74) is 1.50. The van der Waals surface area contributed by atoms with Crippen molar-refractivity contribution < 1.29 is 14.7 Å². The van der Waals surface area contributed by atoms with Gasteiger partial charge < -0.3 is 24.8 Å². The van der Waals surface area contributed by atoms with E-state index in [1.165, 1.54) is 16.2 Å². The molecule has 10 heteroatoms. The highest BCUT2D eigenvalue weighted by molar-refractivity contribution is 7.17. The summed E-state index contributed by atoms with van der Waals surface area (Å²) < 4.78 is 1.79. The van der Waals surface area contributed by atoms with Crippen LogP contribution in [0.15, 0.2) is 65.6 Å². The number of hydrogen-bond donors (Lipinski definition) is 2. The van der Waals surface area contributed by atoms with Crippen molar-refractivity contribution >= 4 is 39.2 Å². The summed E-state index contributed by atoms with van der Waals surface area (Å²) >= 11 is 1.30. The Morgan fingerprint density at radius 3 is 2.46 bits per heavy atom. The largest absolute Gasteiger partial charge is 0.396 e. The Kier molecular flexibility index (Phi) is 7.76. The lowest BCUT2D eigenvalue weighted by Gasteiger charge is -2.30. The average Bonchev–Trinajstić information content (AvgIpc) is 3.47. The highest BCUT2D eigenvalue weighted by Gasteiger charge is 2.26. The second kappa shape index (κ2) is 11.4. The number of aliphatic hydroxyl groups is 1. The van der Waals surface area contributed by atoms with Gasteiger partial charge in [-0.05, 0) is 43.0 Å². The molecule has 0 aliphatic carbocycles. The molecule has 1 aliphatic heterocycles. The van der Waals surface area contributed by atoms with Gasteiger partial charge in [0.1, 0.15) is 10.6 Å². The van der Waals surface area contributed by atoms with Crippen LogP contribution in [0.25, 0.3) is 16.6 Å². The summed E-state index contributed by atoms with van der Waals surface area (Å²) in [6.45, 7) is 1.65. The summed E-state index contributed by atoms with van der Waals surface area (Å²) in [6, 6.07) is 16.6. The molecule has 3 heterocycles. The molecule has 1 saturated heterocycles. The zero-order valence-corrected chi connectivity index (χ0v) is 22.8. The quantitative estimate of drug-likeness (QED) is 0.369. The van der Waals surface area contributed by atoms with Crippen molar-refractivity contribution in [3.63, 3.8) is 0 Å². The Morgan fingerprint density at radius 2 is 1.77 bits per heavy atom. The normalized spacial score (nSPS) is 14.0. The van der Waals surface area contributed by atoms with Crippen LogP contribution < -0.4 is 15.6 Å². The summed E-state index contributed by atoms with van der Waals surface area (Å²) in [7, 11) is 3.28. The van der Waals surface area contributed by atoms with Gasteiger partial charge in [-0.1, -0.05) is 41.7 Å². The number of fused-ring (bicyclic) bond motifs is 1. The van der Waals surface area contributed by atoms with Crippen molar-refractivity contribution in [2.75, 3.05) is 38.7 Å². The molecule has 2 aromatic carbocycles. The molecule has 39 heavy (non-hydrogen) atoms. The molecular formula is C29H31N5O4S. The number of para-hydroxylation sites is 2. The SMILES string of the molecule is CN(C)C(=O)c1c(CNC(=O)c2cnc(N3CCC(CO)CC3)s2)c(=O)c2ccccc2n1-c1ccccc1. The molecule has 2 aromatic heterocycles. The van der Waals surface area contributed by atoms with Gasteiger partial charge in [0.2, 0.25) is 0 Å². The standard InChI is InChI=1S/C29H31N5O4S/c1-32(2)28(38)25-22(26(36)21-10-6-7-11-23(21)34(25)20-8-4-3-5-9-20)16-30-27(37)24-17-31-29(39-24)33-14-12-19(18-35)13-15-33/h3-11,17,19,35H,12-16,18H2,1-2H3,(H,30,37). The van der Waals surface area contributed by atoms with Gasteiger partial charge in [-0.3, -0.25) is 14.4 Å². The van der Waals surface area contributed by atoms with Gasteiger partial charge in [-0.15, -0.1) is 0 Å². The molecule has 202 valence electrons. The van der Waals surface area contributed by atoms with E-state index < -0.39 is 0 Å². The van der Waals surface area contributed by atoms with E-state index in [-0.39, 0.29) is 41.7 Å². The molecule has 4 aromatic rings. The minimum Gasteiger partial charge on any atom is -0.396 e. The number of hydrogen-bond acceptors (Lipinski definition) is 7. The first-order valence-corrected chi connectivity index (χ1v) is 13.7. The van der Waals surface area contributed by atoms with Gasteiger partial charge in [-0.2, -0.15) is 0 Å². The third kappa shape index (κ3) is 5.30. The predicted octanol–water partition coefficient (Wildman–Crippen LogP) is 3.29. The predicted molar refractivity (Wildman–Crippen MR) is 153 cm³/mol. The maximum absolute atomic E-state index is 13.7. The van der Waals surface area contributed by atoms with E-state index in [9.17, 15) is 19.5 Å². The smallest absolute Gasteiger partial charge is 0.270 e. The molecule has 2 amide bonds. The molecule has 2 N–H and O–H groups in total. The van der Waals surface area contributed by atoms with Crippen LogP contribution in [-0.2, 0) is 6.54 Å². The second-order valence-corrected chi connectivity index (χ2v) is 10.9.